The molecule has 1 amide bonds. The molecule has 24 heavy (non-hydrogen) atoms. The molecule has 0 spiro atoms. The van der Waals surface area contributed by atoms with Gasteiger partial charge in [-0.1, -0.05) is 44.2 Å². The molecule has 0 fully saturated rings. The Morgan fingerprint density at radius 1 is 1.12 bits per heavy atom. The molecule has 1 rings (SSSR count). The molecule has 0 aliphatic rings. The van der Waals surface area contributed by atoms with Crippen molar-refractivity contribution in [1.82, 2.24) is 5.32 Å². The molecule has 7 nitrogen and oxygen atoms in total. The van der Waals surface area contributed by atoms with Crippen LogP contribution >= 0.6 is 0 Å². The summed E-state index contributed by atoms with van der Waals surface area (Å²) in [5, 5.41) is 11.2. The SMILES string of the molecule is CC(C)C[C@H](NC(=O)OCc1ccccc1)C(=O)O[C@@H](C)C(=O)O. The summed E-state index contributed by atoms with van der Waals surface area (Å²) < 4.78 is 9.90. The van der Waals surface area contributed by atoms with Gasteiger partial charge in [-0.3, -0.25) is 0 Å². The smallest absolute Gasteiger partial charge is 0.408 e. The highest BCUT2D eigenvalue weighted by Crippen LogP contribution is 2.09. The molecule has 0 bridgehead atoms. The number of carboxylic acids is 1. The van der Waals surface area contributed by atoms with Crippen molar-refractivity contribution < 1.29 is 29.0 Å². The number of carbonyl (C=O) groups excluding carboxylic acids is 2. The fourth-order valence-electron chi connectivity index (χ4n) is 1.90. The van der Waals surface area contributed by atoms with Gasteiger partial charge in [0, 0.05) is 0 Å². The van der Waals surface area contributed by atoms with Crippen molar-refractivity contribution in [3.63, 3.8) is 0 Å². The fourth-order valence-corrected chi connectivity index (χ4v) is 1.90. The van der Waals surface area contributed by atoms with E-state index in [0.717, 1.165) is 5.56 Å². The van der Waals surface area contributed by atoms with Crippen LogP contribution in [0.15, 0.2) is 30.3 Å². The molecule has 2 atom stereocenters. The first-order valence-electron chi connectivity index (χ1n) is 7.70. The van der Waals surface area contributed by atoms with Crippen LogP contribution in [0.3, 0.4) is 0 Å². The summed E-state index contributed by atoms with van der Waals surface area (Å²) in [4.78, 5) is 34.7. The summed E-state index contributed by atoms with van der Waals surface area (Å²) in [6, 6.07) is 8.15. The zero-order valence-electron chi connectivity index (χ0n) is 14.0. The van der Waals surface area contributed by atoms with Gasteiger partial charge in [0.25, 0.3) is 0 Å². The number of ether oxygens (including phenoxy) is 2. The molecule has 0 heterocycles. The van der Waals surface area contributed by atoms with Crippen molar-refractivity contribution in [3.05, 3.63) is 35.9 Å². The molecule has 132 valence electrons. The highest BCUT2D eigenvalue weighted by atomic mass is 16.6. The van der Waals surface area contributed by atoms with Gasteiger partial charge in [-0.15, -0.1) is 0 Å². The number of benzene rings is 1. The third-order valence-electron chi connectivity index (χ3n) is 3.14. The summed E-state index contributed by atoms with van der Waals surface area (Å²) in [5.74, 6) is -1.95. The van der Waals surface area contributed by atoms with Gasteiger partial charge in [0.15, 0.2) is 6.10 Å². The Kier molecular flexibility index (Phi) is 7.74. The topological polar surface area (TPSA) is 102 Å². The van der Waals surface area contributed by atoms with Gasteiger partial charge in [-0.25, -0.2) is 14.4 Å². The molecule has 2 N–H and O–H groups in total. The summed E-state index contributed by atoms with van der Waals surface area (Å²) in [5.41, 5.74) is 0.815. The van der Waals surface area contributed by atoms with Gasteiger partial charge in [-0.2, -0.15) is 0 Å². The molecule has 1 aromatic rings. The third kappa shape index (κ3) is 7.13. The van der Waals surface area contributed by atoms with Crippen molar-refractivity contribution in [2.24, 2.45) is 5.92 Å². The van der Waals surface area contributed by atoms with E-state index in [4.69, 9.17) is 14.6 Å². The maximum atomic E-state index is 12.0. The lowest BCUT2D eigenvalue weighted by Crippen LogP contribution is -2.44. The van der Waals surface area contributed by atoms with Crippen molar-refractivity contribution in [1.29, 1.82) is 0 Å². The van der Waals surface area contributed by atoms with Crippen LogP contribution in [0, 0.1) is 5.92 Å². The van der Waals surface area contributed by atoms with Gasteiger partial charge < -0.3 is 19.9 Å². The number of amides is 1. The average molecular weight is 337 g/mol. The first kappa shape index (κ1) is 19.5. The molecule has 0 saturated carbocycles. The fraction of sp³-hybridized carbons (Fsp3) is 0.471. The molecule has 0 radical (unpaired) electrons. The molecule has 7 heteroatoms. The second-order valence-corrected chi connectivity index (χ2v) is 5.81. The minimum atomic E-state index is -1.28. The number of nitrogens with one attached hydrogen (secondary N) is 1. The van der Waals surface area contributed by atoms with E-state index < -0.39 is 30.2 Å². The molecule has 0 unspecified atom stereocenters. The van der Waals surface area contributed by atoms with Gasteiger partial charge in [0.1, 0.15) is 12.6 Å². The highest BCUT2D eigenvalue weighted by molar-refractivity contribution is 5.83. The van der Waals surface area contributed by atoms with Crippen LogP contribution in [-0.4, -0.2) is 35.3 Å². The lowest BCUT2D eigenvalue weighted by Gasteiger charge is -2.20. The second kappa shape index (κ2) is 9.54. The van der Waals surface area contributed by atoms with Crippen molar-refractivity contribution in [2.45, 2.75) is 45.9 Å². The standard InChI is InChI=1S/C17H23NO6/c1-11(2)9-14(16(21)24-12(3)15(19)20)18-17(22)23-10-13-7-5-4-6-8-13/h4-8,11-12,14H,9-10H2,1-3H3,(H,18,22)(H,19,20)/t12-,14-/m0/s1. The summed E-state index contributed by atoms with van der Waals surface area (Å²) in [6.45, 7) is 5.07. The lowest BCUT2D eigenvalue weighted by molar-refractivity contribution is -0.164. The van der Waals surface area contributed by atoms with Crippen molar-refractivity contribution >= 4 is 18.0 Å². The first-order chi connectivity index (χ1) is 11.3. The quantitative estimate of drug-likeness (QED) is 0.706. The van der Waals surface area contributed by atoms with E-state index in [1.54, 1.807) is 0 Å². The Bertz CT molecular complexity index is 557. The number of carboxylic acid groups (broad SMARTS) is 1. The van der Waals surface area contributed by atoms with Gasteiger partial charge in [-0.05, 0) is 24.8 Å². The Hall–Kier alpha value is -2.57. The third-order valence-corrected chi connectivity index (χ3v) is 3.14. The number of aliphatic carboxylic acids is 1. The highest BCUT2D eigenvalue weighted by Gasteiger charge is 2.27. The maximum Gasteiger partial charge on any atom is 0.408 e. The van der Waals surface area contributed by atoms with E-state index in [1.165, 1.54) is 6.92 Å². The lowest BCUT2D eigenvalue weighted by atomic mass is 10.0. The average Bonchev–Trinajstić information content (AvgIpc) is 2.52. The van der Waals surface area contributed by atoms with Gasteiger partial charge in [0.05, 0.1) is 0 Å². The van der Waals surface area contributed by atoms with Gasteiger partial charge >= 0.3 is 18.0 Å². The van der Waals surface area contributed by atoms with E-state index in [1.807, 2.05) is 44.2 Å². The normalized spacial score (nSPS) is 13.0. The van der Waals surface area contributed by atoms with Crippen LogP contribution in [0.25, 0.3) is 0 Å². The minimum absolute atomic E-state index is 0.0711. The number of hydrogen-bond donors (Lipinski definition) is 2. The van der Waals surface area contributed by atoms with Gasteiger partial charge in [0.2, 0.25) is 0 Å². The molecule has 0 aromatic heterocycles. The predicted octanol–water partition coefficient (Wildman–Crippen LogP) is 2.34. The number of alkyl carbamates (subject to hydrolysis) is 1. The molecule has 1 aromatic carbocycles. The van der Waals surface area contributed by atoms with Crippen molar-refractivity contribution in [2.75, 3.05) is 0 Å². The molecular formula is C17H23NO6. The minimum Gasteiger partial charge on any atom is -0.479 e. The van der Waals surface area contributed by atoms with E-state index in [9.17, 15) is 14.4 Å². The predicted molar refractivity (Wildman–Crippen MR) is 86.2 cm³/mol. The van der Waals surface area contributed by atoms with E-state index >= 15 is 0 Å². The van der Waals surface area contributed by atoms with Crippen molar-refractivity contribution in [3.8, 4) is 0 Å². The van der Waals surface area contributed by atoms with Crippen LogP contribution in [0.2, 0.25) is 0 Å². The van der Waals surface area contributed by atoms with E-state index in [2.05, 4.69) is 5.32 Å². The maximum absolute atomic E-state index is 12.0. The van der Waals surface area contributed by atoms with E-state index in [-0.39, 0.29) is 12.5 Å². The zero-order chi connectivity index (χ0) is 18.1. The largest absolute Gasteiger partial charge is 0.479 e. The molecule has 0 saturated heterocycles. The Balaban J connectivity index is 2.59. The molecule has 0 aliphatic heterocycles. The van der Waals surface area contributed by atoms with Crippen LogP contribution in [-0.2, 0) is 25.7 Å². The number of carbonyl (C=O) groups is 3. The van der Waals surface area contributed by atoms with E-state index in [0.29, 0.717) is 6.42 Å². The Morgan fingerprint density at radius 2 is 1.75 bits per heavy atom. The number of hydrogen-bond acceptors (Lipinski definition) is 5. The second-order valence-electron chi connectivity index (χ2n) is 5.81. The molecule has 0 aliphatic carbocycles. The van der Waals surface area contributed by atoms with Crippen LogP contribution < -0.4 is 5.32 Å². The van der Waals surface area contributed by atoms with Crippen LogP contribution in [0.4, 0.5) is 4.79 Å². The monoisotopic (exact) mass is 337 g/mol. The Morgan fingerprint density at radius 3 is 2.29 bits per heavy atom. The first-order valence-corrected chi connectivity index (χ1v) is 7.70. The summed E-state index contributed by atoms with van der Waals surface area (Å²) >= 11 is 0. The number of rotatable bonds is 8. The van der Waals surface area contributed by atoms with Crippen LogP contribution in [0.1, 0.15) is 32.8 Å². The summed E-state index contributed by atoms with van der Waals surface area (Å²) in [7, 11) is 0. The molecular weight excluding hydrogens is 314 g/mol. The zero-order valence-corrected chi connectivity index (χ0v) is 14.0. The number of esters is 1. The Labute approximate surface area is 141 Å². The summed E-state index contributed by atoms with van der Waals surface area (Å²) in [6.07, 6.45) is -1.73. The van der Waals surface area contributed by atoms with Crippen LogP contribution in [0.5, 0.6) is 0 Å².